The predicted molar refractivity (Wildman–Crippen MR) is 99.3 cm³/mol. The summed E-state index contributed by atoms with van der Waals surface area (Å²) in [7, 11) is 0. The van der Waals surface area contributed by atoms with Crippen molar-refractivity contribution >= 4 is 45.1 Å². The van der Waals surface area contributed by atoms with Crippen LogP contribution in [-0.4, -0.2) is 34.1 Å². The van der Waals surface area contributed by atoms with Gasteiger partial charge in [0, 0.05) is 10.3 Å². The van der Waals surface area contributed by atoms with Crippen LogP contribution in [-0.2, 0) is 9.53 Å². The zero-order chi connectivity index (χ0) is 18.7. The first-order valence-electron chi connectivity index (χ1n) is 7.74. The summed E-state index contributed by atoms with van der Waals surface area (Å²) < 4.78 is 18.5. The highest BCUT2D eigenvalue weighted by atomic mass is 32.2. The zero-order valence-corrected chi connectivity index (χ0v) is 15.7. The Hall–Kier alpha value is -2.32. The molecule has 134 valence electrons. The molecule has 0 atom stereocenters. The summed E-state index contributed by atoms with van der Waals surface area (Å²) >= 11 is 2.81. The fourth-order valence-corrected chi connectivity index (χ4v) is 4.25. The lowest BCUT2D eigenvalue weighted by Gasteiger charge is -2.06. The average Bonchev–Trinajstić information content (AvgIpc) is 2.93. The molecule has 5 nitrogen and oxygen atoms in total. The van der Waals surface area contributed by atoms with Gasteiger partial charge in [-0.05, 0) is 31.5 Å². The van der Waals surface area contributed by atoms with E-state index in [0.717, 1.165) is 20.7 Å². The molecule has 0 aliphatic heterocycles. The second kappa shape index (κ2) is 7.92. The van der Waals surface area contributed by atoms with Crippen molar-refractivity contribution < 1.29 is 18.7 Å². The lowest BCUT2D eigenvalue weighted by molar-refractivity contribution is -0.139. The minimum atomic E-state index is -0.630. The molecular weight excluding hydrogens is 375 g/mol. The van der Waals surface area contributed by atoms with Crippen LogP contribution in [0.2, 0.25) is 0 Å². The van der Waals surface area contributed by atoms with E-state index in [9.17, 15) is 14.0 Å². The second-order valence-corrected chi connectivity index (χ2v) is 7.66. The fraction of sp³-hybridized carbons (Fsp3) is 0.222. The predicted octanol–water partition coefficient (Wildman–Crippen LogP) is 3.97. The van der Waals surface area contributed by atoms with Crippen LogP contribution in [0.4, 0.5) is 4.39 Å². The van der Waals surface area contributed by atoms with Crippen LogP contribution in [0.15, 0.2) is 35.6 Å². The van der Waals surface area contributed by atoms with Crippen molar-refractivity contribution in [3.8, 4) is 0 Å². The lowest BCUT2D eigenvalue weighted by atomic mass is 10.1. The van der Waals surface area contributed by atoms with E-state index in [-0.39, 0.29) is 11.3 Å². The van der Waals surface area contributed by atoms with Crippen LogP contribution in [0, 0.1) is 19.7 Å². The number of halogens is 1. The van der Waals surface area contributed by atoms with Gasteiger partial charge in [0.05, 0.1) is 11.3 Å². The third-order valence-electron chi connectivity index (χ3n) is 3.80. The molecule has 0 saturated heterocycles. The molecule has 0 saturated carbocycles. The number of carbonyl (C=O) groups is 2. The van der Waals surface area contributed by atoms with Crippen LogP contribution >= 0.6 is 23.1 Å². The average molecular weight is 390 g/mol. The zero-order valence-electron chi connectivity index (χ0n) is 14.1. The van der Waals surface area contributed by atoms with Gasteiger partial charge in [0.15, 0.2) is 6.61 Å². The van der Waals surface area contributed by atoms with Crippen LogP contribution < -0.4 is 0 Å². The van der Waals surface area contributed by atoms with Gasteiger partial charge in [-0.15, -0.1) is 11.3 Å². The number of hydrogen-bond donors (Lipinski definition) is 0. The van der Waals surface area contributed by atoms with E-state index in [2.05, 4.69) is 9.97 Å². The summed E-state index contributed by atoms with van der Waals surface area (Å²) in [5.74, 6) is -1.76. The normalized spacial score (nSPS) is 10.9. The van der Waals surface area contributed by atoms with Crippen molar-refractivity contribution in [3.63, 3.8) is 0 Å². The number of carbonyl (C=O) groups excluding carboxylic acids is 2. The first kappa shape index (κ1) is 18.5. The summed E-state index contributed by atoms with van der Waals surface area (Å²) in [5, 5.41) is 1.64. The highest BCUT2D eigenvalue weighted by Gasteiger charge is 2.16. The van der Waals surface area contributed by atoms with Gasteiger partial charge >= 0.3 is 5.97 Å². The van der Waals surface area contributed by atoms with Gasteiger partial charge in [0.25, 0.3) is 0 Å². The van der Waals surface area contributed by atoms with Crippen LogP contribution in [0.25, 0.3) is 10.2 Å². The standard InChI is InChI=1S/C18H15FN2O3S2/c1-10-11(2)26-18-16(10)17(20-9-21-18)25-8-15(23)24-7-14(22)12-5-3-4-6-13(12)19/h3-6,9H,7-8H2,1-2H3. The van der Waals surface area contributed by atoms with Gasteiger partial charge in [-0.3, -0.25) is 9.59 Å². The summed E-state index contributed by atoms with van der Waals surface area (Å²) in [6, 6.07) is 5.60. The van der Waals surface area contributed by atoms with E-state index >= 15 is 0 Å². The Bertz CT molecular complexity index is 988. The maximum atomic E-state index is 13.5. The van der Waals surface area contributed by atoms with E-state index in [0.29, 0.717) is 5.03 Å². The smallest absolute Gasteiger partial charge is 0.316 e. The first-order chi connectivity index (χ1) is 12.5. The number of nitrogens with zero attached hydrogens (tertiary/aromatic N) is 2. The molecule has 26 heavy (non-hydrogen) atoms. The monoisotopic (exact) mass is 390 g/mol. The van der Waals surface area contributed by atoms with Gasteiger partial charge in [0.2, 0.25) is 5.78 Å². The SMILES string of the molecule is Cc1sc2ncnc(SCC(=O)OCC(=O)c3ccccc3F)c2c1C. The van der Waals surface area contributed by atoms with E-state index in [1.165, 1.54) is 36.3 Å². The molecule has 0 fully saturated rings. The first-order valence-corrected chi connectivity index (χ1v) is 9.54. The van der Waals surface area contributed by atoms with Gasteiger partial charge in [-0.2, -0.15) is 0 Å². The van der Waals surface area contributed by atoms with Crippen molar-refractivity contribution in [2.24, 2.45) is 0 Å². The van der Waals surface area contributed by atoms with E-state index < -0.39 is 24.2 Å². The highest BCUT2D eigenvalue weighted by Crippen LogP contribution is 2.34. The Morgan fingerprint density at radius 3 is 2.77 bits per heavy atom. The molecule has 0 amide bonds. The Labute approximate surface area is 157 Å². The van der Waals surface area contributed by atoms with Crippen LogP contribution in [0.3, 0.4) is 0 Å². The molecule has 0 spiro atoms. The number of fused-ring (bicyclic) bond motifs is 1. The summed E-state index contributed by atoms with van der Waals surface area (Å²) in [4.78, 5) is 34.4. The molecule has 0 radical (unpaired) electrons. The van der Waals surface area contributed by atoms with Gasteiger partial charge < -0.3 is 4.74 Å². The second-order valence-electron chi connectivity index (χ2n) is 5.49. The molecule has 0 aliphatic carbocycles. The van der Waals surface area contributed by atoms with E-state index in [1.54, 1.807) is 17.4 Å². The number of thioether (sulfide) groups is 1. The minimum absolute atomic E-state index is 0.00496. The summed E-state index contributed by atoms with van der Waals surface area (Å²) in [6.07, 6.45) is 1.47. The Morgan fingerprint density at radius 2 is 2.00 bits per heavy atom. The maximum Gasteiger partial charge on any atom is 0.316 e. The molecule has 3 aromatic rings. The molecule has 0 N–H and O–H groups in total. The number of Topliss-reactive ketones (excluding diaryl/α,β-unsaturated/α-hetero) is 1. The third-order valence-corrected chi connectivity index (χ3v) is 5.87. The fourth-order valence-electron chi connectivity index (χ4n) is 2.34. The Balaban J connectivity index is 1.60. The molecule has 8 heteroatoms. The van der Waals surface area contributed by atoms with Crippen molar-refractivity contribution in [3.05, 3.63) is 52.4 Å². The number of thiophene rings is 1. The molecule has 0 unspecified atom stereocenters. The summed E-state index contributed by atoms with van der Waals surface area (Å²) in [6.45, 7) is 3.52. The van der Waals surface area contributed by atoms with Crippen LogP contribution in [0.5, 0.6) is 0 Å². The number of hydrogen-bond acceptors (Lipinski definition) is 7. The Kier molecular flexibility index (Phi) is 5.63. The minimum Gasteiger partial charge on any atom is -0.457 e. The lowest BCUT2D eigenvalue weighted by Crippen LogP contribution is -2.16. The molecule has 0 aliphatic rings. The van der Waals surface area contributed by atoms with Gasteiger partial charge in [0.1, 0.15) is 22.0 Å². The number of benzene rings is 1. The number of ketones is 1. The number of esters is 1. The van der Waals surface area contributed by atoms with Crippen molar-refractivity contribution in [2.45, 2.75) is 18.9 Å². The maximum absolute atomic E-state index is 13.5. The van der Waals surface area contributed by atoms with Crippen LogP contribution in [0.1, 0.15) is 20.8 Å². The number of rotatable bonds is 6. The summed E-state index contributed by atoms with van der Waals surface area (Å²) in [5.41, 5.74) is 1.01. The van der Waals surface area contributed by atoms with Crippen molar-refractivity contribution in [1.29, 1.82) is 0 Å². The topological polar surface area (TPSA) is 69.2 Å². The highest BCUT2D eigenvalue weighted by molar-refractivity contribution is 8.00. The molecular formula is C18H15FN2O3S2. The third kappa shape index (κ3) is 3.91. The van der Waals surface area contributed by atoms with Gasteiger partial charge in [-0.1, -0.05) is 23.9 Å². The molecule has 3 rings (SSSR count). The largest absolute Gasteiger partial charge is 0.457 e. The Morgan fingerprint density at radius 1 is 1.23 bits per heavy atom. The van der Waals surface area contributed by atoms with Crippen molar-refractivity contribution in [2.75, 3.05) is 12.4 Å². The molecule has 0 bridgehead atoms. The van der Waals surface area contributed by atoms with Gasteiger partial charge in [-0.25, -0.2) is 14.4 Å². The van der Waals surface area contributed by atoms with E-state index in [1.807, 2.05) is 13.8 Å². The number of aryl methyl sites for hydroxylation is 2. The molecule has 1 aromatic carbocycles. The molecule has 2 heterocycles. The number of ether oxygens (including phenoxy) is 1. The van der Waals surface area contributed by atoms with E-state index in [4.69, 9.17) is 4.74 Å². The number of aromatic nitrogens is 2. The van der Waals surface area contributed by atoms with Crippen molar-refractivity contribution in [1.82, 2.24) is 9.97 Å². The quantitative estimate of drug-likeness (QED) is 0.275. The molecule has 2 aromatic heterocycles.